The van der Waals surface area contributed by atoms with E-state index in [0.29, 0.717) is 10.6 Å². The Hall–Kier alpha value is -2.75. The molecule has 4 heterocycles. The first-order valence-electron chi connectivity index (χ1n) is 10.9. The lowest BCUT2D eigenvalue weighted by Crippen LogP contribution is -2.39. The van der Waals surface area contributed by atoms with Crippen LogP contribution in [0.1, 0.15) is 33.0 Å². The highest BCUT2D eigenvalue weighted by atomic mass is 32.1. The highest BCUT2D eigenvalue weighted by Crippen LogP contribution is 2.33. The Morgan fingerprint density at radius 1 is 1.25 bits per heavy atom. The minimum absolute atomic E-state index is 0.00197. The summed E-state index contributed by atoms with van der Waals surface area (Å²) in [5, 5.41) is 4.02. The van der Waals surface area contributed by atoms with Crippen LogP contribution in [0, 0.1) is 6.92 Å². The summed E-state index contributed by atoms with van der Waals surface area (Å²) >= 11 is 1.35. The number of amides is 1. The topological polar surface area (TPSA) is 119 Å². The van der Waals surface area contributed by atoms with Gasteiger partial charge in [-0.2, -0.15) is 0 Å². The van der Waals surface area contributed by atoms with Crippen molar-refractivity contribution in [3.8, 4) is 0 Å². The predicted molar refractivity (Wildman–Crippen MR) is 127 cm³/mol. The summed E-state index contributed by atoms with van der Waals surface area (Å²) < 4.78 is 5.46. The van der Waals surface area contributed by atoms with Gasteiger partial charge in [0.15, 0.2) is 0 Å². The summed E-state index contributed by atoms with van der Waals surface area (Å²) in [5.41, 5.74) is 16.1. The summed E-state index contributed by atoms with van der Waals surface area (Å²) in [6.07, 6.45) is 2.46. The molecule has 0 saturated carbocycles. The SMILES string of the molecule is CO[C@H]1CN(c2ccc3c(n2)CC[C@@H](NC(=O)c2sc4nc(C)ccc4c2N)C3)C[C@@H]1N. The van der Waals surface area contributed by atoms with E-state index in [4.69, 9.17) is 21.2 Å². The van der Waals surface area contributed by atoms with Crippen LogP contribution in [0.4, 0.5) is 11.5 Å². The highest BCUT2D eigenvalue weighted by Gasteiger charge is 2.31. The van der Waals surface area contributed by atoms with Crippen molar-refractivity contribution in [2.24, 2.45) is 5.73 Å². The number of nitrogens with two attached hydrogens (primary N) is 2. The fraction of sp³-hybridized carbons (Fsp3) is 0.435. The van der Waals surface area contributed by atoms with Gasteiger partial charge in [0.1, 0.15) is 15.5 Å². The number of aromatic nitrogens is 2. The fourth-order valence-corrected chi connectivity index (χ4v) is 5.69. The Labute approximate surface area is 191 Å². The smallest absolute Gasteiger partial charge is 0.263 e. The number of nitrogens with zero attached hydrogens (tertiary/aromatic N) is 3. The lowest BCUT2D eigenvalue weighted by Gasteiger charge is -2.26. The number of anilines is 2. The zero-order valence-electron chi connectivity index (χ0n) is 18.3. The van der Waals surface area contributed by atoms with Gasteiger partial charge in [-0.05, 0) is 49.9 Å². The molecular weight excluding hydrogens is 424 g/mol. The molecule has 2 aliphatic rings. The minimum atomic E-state index is -0.127. The van der Waals surface area contributed by atoms with Crippen molar-refractivity contribution in [1.82, 2.24) is 15.3 Å². The maximum Gasteiger partial charge on any atom is 0.263 e. The number of fused-ring (bicyclic) bond motifs is 2. The second-order valence-electron chi connectivity index (χ2n) is 8.68. The van der Waals surface area contributed by atoms with Crippen molar-refractivity contribution < 1.29 is 9.53 Å². The second-order valence-corrected chi connectivity index (χ2v) is 9.68. The number of rotatable bonds is 4. The molecule has 5 rings (SSSR count). The third-order valence-corrected chi connectivity index (χ3v) is 7.57. The molecule has 0 spiro atoms. The number of nitrogens with one attached hydrogen (secondary N) is 1. The molecule has 32 heavy (non-hydrogen) atoms. The number of hydrogen-bond acceptors (Lipinski definition) is 8. The van der Waals surface area contributed by atoms with Crippen molar-refractivity contribution in [1.29, 1.82) is 0 Å². The molecule has 3 aromatic heterocycles. The van der Waals surface area contributed by atoms with E-state index in [2.05, 4.69) is 21.3 Å². The Kier molecular flexibility index (Phi) is 5.48. The molecule has 1 aliphatic heterocycles. The largest absolute Gasteiger partial charge is 0.397 e. The number of pyridine rings is 2. The van der Waals surface area contributed by atoms with Crippen LogP contribution in [0.25, 0.3) is 10.2 Å². The number of ether oxygens (including phenoxy) is 1. The Balaban J connectivity index is 1.28. The van der Waals surface area contributed by atoms with Gasteiger partial charge in [-0.3, -0.25) is 4.79 Å². The van der Waals surface area contributed by atoms with Gasteiger partial charge in [-0.25, -0.2) is 9.97 Å². The molecule has 9 heteroatoms. The molecule has 1 saturated heterocycles. The van der Waals surface area contributed by atoms with E-state index in [1.807, 2.05) is 25.1 Å². The van der Waals surface area contributed by atoms with E-state index in [0.717, 1.165) is 59.8 Å². The molecule has 0 bridgehead atoms. The second kappa shape index (κ2) is 8.31. The monoisotopic (exact) mass is 452 g/mol. The maximum absolute atomic E-state index is 13.0. The Bertz CT molecular complexity index is 1180. The molecule has 168 valence electrons. The van der Waals surface area contributed by atoms with E-state index in [-0.39, 0.29) is 24.1 Å². The average molecular weight is 453 g/mol. The number of thiophene rings is 1. The highest BCUT2D eigenvalue weighted by molar-refractivity contribution is 7.21. The average Bonchev–Trinajstić information content (AvgIpc) is 3.32. The lowest BCUT2D eigenvalue weighted by molar-refractivity contribution is 0.0938. The third kappa shape index (κ3) is 3.80. The van der Waals surface area contributed by atoms with E-state index < -0.39 is 0 Å². The molecule has 0 aromatic carbocycles. The molecule has 3 aromatic rings. The molecule has 1 fully saturated rings. The standard InChI is InChI=1S/C23H28N6O2S/c1-12-3-6-15-20(25)21(32-23(15)26-12)22(30)27-14-5-7-17-13(9-14)4-8-19(28-17)29-10-16(24)18(11-29)31-2/h3-4,6,8,14,16,18H,5,7,9-11,24-25H2,1-2H3,(H,27,30)/t14-,16+,18+/m1/s1. The van der Waals surface area contributed by atoms with Crippen molar-refractivity contribution in [2.75, 3.05) is 30.8 Å². The van der Waals surface area contributed by atoms with Crippen LogP contribution in [-0.2, 0) is 17.6 Å². The van der Waals surface area contributed by atoms with E-state index in [1.54, 1.807) is 7.11 Å². The summed E-state index contributed by atoms with van der Waals surface area (Å²) in [6, 6.07) is 8.08. The molecular formula is C23H28N6O2S. The number of methoxy groups -OCH3 is 1. The van der Waals surface area contributed by atoms with E-state index >= 15 is 0 Å². The molecule has 5 N–H and O–H groups in total. The van der Waals surface area contributed by atoms with Crippen molar-refractivity contribution >= 4 is 39.0 Å². The quantitative estimate of drug-likeness (QED) is 0.554. The maximum atomic E-state index is 13.0. The zero-order chi connectivity index (χ0) is 22.4. The zero-order valence-corrected chi connectivity index (χ0v) is 19.1. The number of hydrogen-bond donors (Lipinski definition) is 3. The number of nitrogen functional groups attached to an aromatic ring is 1. The Morgan fingerprint density at radius 2 is 2.09 bits per heavy atom. The van der Waals surface area contributed by atoms with Crippen LogP contribution in [0.3, 0.4) is 0 Å². The van der Waals surface area contributed by atoms with Crippen LogP contribution in [-0.4, -0.2) is 54.3 Å². The fourth-order valence-electron chi connectivity index (χ4n) is 4.64. The van der Waals surface area contributed by atoms with Crippen LogP contribution in [0.5, 0.6) is 0 Å². The van der Waals surface area contributed by atoms with Crippen molar-refractivity contribution in [2.45, 2.75) is 44.4 Å². The lowest BCUT2D eigenvalue weighted by atomic mass is 9.91. The molecule has 8 nitrogen and oxygen atoms in total. The van der Waals surface area contributed by atoms with Gasteiger partial charge < -0.3 is 26.4 Å². The van der Waals surface area contributed by atoms with Gasteiger partial charge in [0, 0.05) is 43.0 Å². The third-order valence-electron chi connectivity index (χ3n) is 6.46. The van der Waals surface area contributed by atoms with E-state index in [1.165, 1.54) is 16.9 Å². The van der Waals surface area contributed by atoms with Gasteiger partial charge in [0.25, 0.3) is 5.91 Å². The molecule has 0 radical (unpaired) electrons. The molecule has 3 atom stereocenters. The summed E-state index contributed by atoms with van der Waals surface area (Å²) in [5.74, 6) is 0.819. The van der Waals surface area contributed by atoms with Crippen LogP contribution >= 0.6 is 11.3 Å². The van der Waals surface area contributed by atoms with Gasteiger partial charge in [0.05, 0.1) is 17.8 Å². The Morgan fingerprint density at radius 3 is 2.88 bits per heavy atom. The van der Waals surface area contributed by atoms with Crippen molar-refractivity contribution in [3.05, 3.63) is 46.1 Å². The van der Waals surface area contributed by atoms with Crippen LogP contribution < -0.4 is 21.7 Å². The van der Waals surface area contributed by atoms with Gasteiger partial charge in [-0.15, -0.1) is 11.3 Å². The van der Waals surface area contributed by atoms with Gasteiger partial charge in [0.2, 0.25) is 0 Å². The number of carbonyl (C=O) groups is 1. The van der Waals surface area contributed by atoms with Crippen LogP contribution in [0.15, 0.2) is 24.3 Å². The molecule has 1 amide bonds. The van der Waals surface area contributed by atoms with Gasteiger partial charge >= 0.3 is 0 Å². The minimum Gasteiger partial charge on any atom is -0.397 e. The summed E-state index contributed by atoms with van der Waals surface area (Å²) in [6.45, 7) is 3.43. The van der Waals surface area contributed by atoms with E-state index in [9.17, 15) is 4.79 Å². The first-order valence-corrected chi connectivity index (χ1v) is 11.7. The first kappa shape index (κ1) is 21.1. The number of carbonyl (C=O) groups excluding carboxylic acids is 1. The molecule has 0 unspecified atom stereocenters. The summed E-state index contributed by atoms with van der Waals surface area (Å²) in [4.78, 5) is 25.9. The van der Waals surface area contributed by atoms with Gasteiger partial charge in [-0.1, -0.05) is 6.07 Å². The first-order chi connectivity index (χ1) is 15.4. The summed E-state index contributed by atoms with van der Waals surface area (Å²) in [7, 11) is 1.70. The predicted octanol–water partition coefficient (Wildman–Crippen LogP) is 2.03. The van der Waals surface area contributed by atoms with Crippen LogP contribution in [0.2, 0.25) is 0 Å². The normalized spacial score (nSPS) is 22.8. The van der Waals surface area contributed by atoms with Crippen molar-refractivity contribution in [3.63, 3.8) is 0 Å². The number of aryl methyl sites for hydroxylation is 2. The molecule has 1 aliphatic carbocycles.